The van der Waals surface area contributed by atoms with Crippen molar-refractivity contribution in [3.8, 4) is 11.5 Å². The highest BCUT2D eigenvalue weighted by atomic mass is 35.5. The van der Waals surface area contributed by atoms with Crippen LogP contribution in [0.1, 0.15) is 31.4 Å². The predicted octanol–water partition coefficient (Wildman–Crippen LogP) is 4.18. The van der Waals surface area contributed by atoms with Crippen LogP contribution >= 0.6 is 11.6 Å². The van der Waals surface area contributed by atoms with Crippen molar-refractivity contribution in [2.24, 2.45) is 0 Å². The van der Waals surface area contributed by atoms with Crippen molar-refractivity contribution in [1.82, 2.24) is 5.32 Å². The zero-order valence-corrected chi connectivity index (χ0v) is 15.6. The molecule has 2 N–H and O–H groups in total. The molecule has 1 atom stereocenters. The van der Waals surface area contributed by atoms with E-state index in [0.29, 0.717) is 36.3 Å². The van der Waals surface area contributed by atoms with Crippen LogP contribution in [0.5, 0.6) is 11.5 Å². The average Bonchev–Trinajstić information content (AvgIpc) is 2.63. The first-order valence-electron chi connectivity index (χ1n) is 8.64. The van der Waals surface area contributed by atoms with E-state index in [9.17, 15) is 5.11 Å². The fourth-order valence-corrected chi connectivity index (χ4v) is 2.68. The highest BCUT2D eigenvalue weighted by Gasteiger charge is 2.13. The molecule has 0 aliphatic carbocycles. The second-order valence-electron chi connectivity index (χ2n) is 5.73. The average molecular weight is 364 g/mol. The van der Waals surface area contributed by atoms with Gasteiger partial charge >= 0.3 is 0 Å². The summed E-state index contributed by atoms with van der Waals surface area (Å²) in [7, 11) is 0. The molecule has 4 nitrogen and oxygen atoms in total. The Labute approximate surface area is 154 Å². The maximum absolute atomic E-state index is 9.36. The van der Waals surface area contributed by atoms with Gasteiger partial charge in [-0.3, -0.25) is 0 Å². The molecule has 0 spiro atoms. The molecule has 0 radical (unpaired) electrons. The lowest BCUT2D eigenvalue weighted by Gasteiger charge is -2.19. The number of ether oxygens (including phenoxy) is 2. The molecule has 0 saturated heterocycles. The normalized spacial score (nSPS) is 12.0. The molecule has 2 aromatic carbocycles. The van der Waals surface area contributed by atoms with Gasteiger partial charge in [0.05, 0.1) is 13.2 Å². The van der Waals surface area contributed by atoms with Gasteiger partial charge in [0.15, 0.2) is 11.5 Å². The first kappa shape index (κ1) is 19.6. The lowest BCUT2D eigenvalue weighted by molar-refractivity contribution is 0.236. The Morgan fingerprint density at radius 2 is 1.80 bits per heavy atom. The van der Waals surface area contributed by atoms with Crippen LogP contribution in [0.25, 0.3) is 0 Å². The summed E-state index contributed by atoms with van der Waals surface area (Å²) in [6.07, 6.45) is 0.859. The quantitative estimate of drug-likeness (QED) is 0.665. The smallest absolute Gasteiger partial charge is 0.166 e. The van der Waals surface area contributed by atoms with Crippen LogP contribution in [0.2, 0.25) is 5.02 Å². The molecule has 2 rings (SSSR count). The number of hydrogen-bond donors (Lipinski definition) is 2. The molecule has 25 heavy (non-hydrogen) atoms. The summed E-state index contributed by atoms with van der Waals surface area (Å²) < 4.78 is 11.8. The third-order valence-electron chi connectivity index (χ3n) is 3.98. The van der Waals surface area contributed by atoms with Gasteiger partial charge in [-0.05, 0) is 25.5 Å². The summed E-state index contributed by atoms with van der Waals surface area (Å²) in [6, 6.07) is 13.5. The fourth-order valence-electron chi connectivity index (χ4n) is 2.49. The number of rotatable bonds is 10. The summed E-state index contributed by atoms with van der Waals surface area (Å²) in [5, 5.41) is 13.4. The molecule has 0 heterocycles. The molecular formula is C20H26ClNO3. The summed E-state index contributed by atoms with van der Waals surface area (Å²) in [4.78, 5) is 0. The number of halogens is 1. The molecule has 0 fully saturated rings. The van der Waals surface area contributed by atoms with E-state index in [0.717, 1.165) is 17.5 Å². The molecule has 1 unspecified atom stereocenters. The van der Waals surface area contributed by atoms with Crippen LogP contribution in [-0.2, 0) is 13.2 Å². The topological polar surface area (TPSA) is 50.7 Å². The summed E-state index contributed by atoms with van der Waals surface area (Å²) in [5.41, 5.74) is 1.92. The maximum atomic E-state index is 9.36. The third kappa shape index (κ3) is 5.63. The van der Waals surface area contributed by atoms with E-state index in [2.05, 4.69) is 5.32 Å². The van der Waals surface area contributed by atoms with E-state index in [4.69, 9.17) is 21.1 Å². The van der Waals surface area contributed by atoms with Crippen LogP contribution in [0.3, 0.4) is 0 Å². The first-order valence-corrected chi connectivity index (χ1v) is 9.02. The Kier molecular flexibility index (Phi) is 8.06. The number of aliphatic hydroxyl groups excluding tert-OH is 1. The van der Waals surface area contributed by atoms with E-state index in [1.165, 1.54) is 0 Å². The monoisotopic (exact) mass is 363 g/mol. The van der Waals surface area contributed by atoms with E-state index in [-0.39, 0.29) is 12.6 Å². The Morgan fingerprint density at radius 1 is 1.04 bits per heavy atom. The van der Waals surface area contributed by atoms with Crippen LogP contribution in [-0.4, -0.2) is 24.4 Å². The van der Waals surface area contributed by atoms with Crippen LogP contribution < -0.4 is 14.8 Å². The lowest BCUT2D eigenvalue weighted by atomic mass is 10.1. The van der Waals surface area contributed by atoms with Gasteiger partial charge in [0.2, 0.25) is 0 Å². The number of nitrogens with one attached hydrogen (secondary N) is 1. The van der Waals surface area contributed by atoms with E-state index in [1.807, 2.05) is 56.3 Å². The Morgan fingerprint density at radius 3 is 2.48 bits per heavy atom. The molecular weight excluding hydrogens is 338 g/mol. The van der Waals surface area contributed by atoms with Gasteiger partial charge in [-0.25, -0.2) is 0 Å². The zero-order valence-electron chi connectivity index (χ0n) is 14.8. The minimum atomic E-state index is 0.0622. The standard InChI is InChI=1S/C20H26ClNO3/c1-3-17(13-23)22-12-15-9-7-11-19(24-4-2)20(15)25-14-16-8-5-6-10-18(16)21/h5-11,17,22-23H,3-4,12-14H2,1-2H3. The SMILES string of the molecule is CCOc1cccc(CNC(CC)CO)c1OCc1ccccc1Cl. The molecule has 2 aromatic rings. The van der Waals surface area contributed by atoms with Crippen molar-refractivity contribution in [1.29, 1.82) is 0 Å². The van der Waals surface area contributed by atoms with Crippen LogP contribution in [0.15, 0.2) is 42.5 Å². The maximum Gasteiger partial charge on any atom is 0.166 e. The number of para-hydroxylation sites is 1. The summed E-state index contributed by atoms with van der Waals surface area (Å²) in [5.74, 6) is 1.43. The Hall–Kier alpha value is -1.75. The Balaban J connectivity index is 2.18. The van der Waals surface area contributed by atoms with E-state index in [1.54, 1.807) is 0 Å². The fraction of sp³-hybridized carbons (Fsp3) is 0.400. The summed E-state index contributed by atoms with van der Waals surface area (Å²) in [6.45, 7) is 5.62. The molecule has 0 aliphatic heterocycles. The van der Waals surface area contributed by atoms with Gasteiger partial charge in [-0.2, -0.15) is 0 Å². The molecule has 0 aliphatic rings. The van der Waals surface area contributed by atoms with E-state index >= 15 is 0 Å². The minimum Gasteiger partial charge on any atom is -0.490 e. The largest absolute Gasteiger partial charge is 0.490 e. The van der Waals surface area contributed by atoms with Crippen molar-refractivity contribution in [3.63, 3.8) is 0 Å². The molecule has 0 aromatic heterocycles. The summed E-state index contributed by atoms with van der Waals surface area (Å²) >= 11 is 6.22. The van der Waals surface area contributed by atoms with Gasteiger partial charge in [-0.15, -0.1) is 0 Å². The van der Waals surface area contributed by atoms with Gasteiger partial charge in [-0.1, -0.05) is 48.9 Å². The van der Waals surface area contributed by atoms with Gasteiger partial charge in [0, 0.05) is 28.7 Å². The van der Waals surface area contributed by atoms with Crippen molar-refractivity contribution >= 4 is 11.6 Å². The zero-order chi connectivity index (χ0) is 18.1. The Bertz CT molecular complexity index is 659. The number of benzene rings is 2. The molecule has 0 saturated carbocycles. The van der Waals surface area contributed by atoms with Gasteiger partial charge in [0.25, 0.3) is 0 Å². The second-order valence-corrected chi connectivity index (χ2v) is 6.13. The van der Waals surface area contributed by atoms with Crippen LogP contribution in [0, 0.1) is 0 Å². The van der Waals surface area contributed by atoms with Crippen molar-refractivity contribution in [3.05, 3.63) is 58.6 Å². The minimum absolute atomic E-state index is 0.0622. The highest BCUT2D eigenvalue weighted by Crippen LogP contribution is 2.32. The van der Waals surface area contributed by atoms with Crippen LogP contribution in [0.4, 0.5) is 0 Å². The van der Waals surface area contributed by atoms with E-state index < -0.39 is 0 Å². The highest BCUT2D eigenvalue weighted by molar-refractivity contribution is 6.31. The molecule has 5 heteroatoms. The van der Waals surface area contributed by atoms with Crippen molar-refractivity contribution in [2.45, 2.75) is 39.5 Å². The second kappa shape index (κ2) is 10.3. The molecule has 0 amide bonds. The van der Waals surface area contributed by atoms with Crippen molar-refractivity contribution in [2.75, 3.05) is 13.2 Å². The third-order valence-corrected chi connectivity index (χ3v) is 4.35. The predicted molar refractivity (Wildman–Crippen MR) is 101 cm³/mol. The van der Waals surface area contributed by atoms with Gasteiger partial charge < -0.3 is 19.9 Å². The lowest BCUT2D eigenvalue weighted by Crippen LogP contribution is -2.31. The molecule has 0 bridgehead atoms. The number of hydrogen-bond acceptors (Lipinski definition) is 4. The first-order chi connectivity index (χ1) is 12.2. The van der Waals surface area contributed by atoms with Gasteiger partial charge in [0.1, 0.15) is 6.61 Å². The molecule has 136 valence electrons. The number of aliphatic hydroxyl groups is 1. The van der Waals surface area contributed by atoms with Crippen molar-refractivity contribution < 1.29 is 14.6 Å².